The van der Waals surface area contributed by atoms with Gasteiger partial charge >= 0.3 is 0 Å². The average molecular weight is 585 g/mol. The predicted octanol–water partition coefficient (Wildman–Crippen LogP) is 10.7. The Balaban J connectivity index is 1.12. The van der Waals surface area contributed by atoms with Gasteiger partial charge in [0.15, 0.2) is 16.6 Å². The molecule has 40 heavy (non-hydrogen) atoms. The van der Waals surface area contributed by atoms with Gasteiger partial charge in [0.1, 0.15) is 0 Å². The van der Waals surface area contributed by atoms with Crippen molar-refractivity contribution in [1.29, 1.82) is 0 Å². The van der Waals surface area contributed by atoms with Crippen LogP contribution in [0.15, 0.2) is 0 Å². The molecule has 2 aliphatic heterocycles. The van der Waals surface area contributed by atoms with Gasteiger partial charge in [-0.25, -0.2) is 0 Å². The highest BCUT2D eigenvalue weighted by Crippen LogP contribution is 2.72. The van der Waals surface area contributed by atoms with E-state index in [1.807, 2.05) is 0 Å². The van der Waals surface area contributed by atoms with E-state index < -0.39 is 16.6 Å². The third kappa shape index (κ3) is 4.16. The molecule has 7 fully saturated rings. The van der Waals surface area contributed by atoms with Gasteiger partial charge in [0, 0.05) is 0 Å². The summed E-state index contributed by atoms with van der Waals surface area (Å²) in [4.78, 5) is 0. The summed E-state index contributed by atoms with van der Waals surface area (Å²) in [5.74, 6) is 5.50. The lowest BCUT2D eigenvalue weighted by molar-refractivity contribution is -0.148. The maximum Gasteiger partial charge on any atom is 0.198 e. The Morgan fingerprint density at radius 2 is 1.15 bits per heavy atom. The fourth-order valence-corrected chi connectivity index (χ4v) is 22.7. The van der Waals surface area contributed by atoms with Gasteiger partial charge < -0.3 is 8.85 Å². The van der Waals surface area contributed by atoms with Crippen LogP contribution in [0.25, 0.3) is 0 Å². The fraction of sp³-hybridized carbons (Fsp3) is 1.00. The Labute approximate surface area is 250 Å². The molecule has 0 amide bonds. The molecule has 0 radical (unpaired) electrons. The van der Waals surface area contributed by atoms with E-state index in [0.29, 0.717) is 33.1 Å². The molecule has 7 rings (SSSR count). The summed E-state index contributed by atoms with van der Waals surface area (Å²) in [7, 11) is -3.36. The van der Waals surface area contributed by atoms with Crippen LogP contribution < -0.4 is 0 Å². The van der Waals surface area contributed by atoms with Crippen LogP contribution in [0.1, 0.15) is 132 Å². The summed E-state index contributed by atoms with van der Waals surface area (Å²) in [5, 5.41) is 0.767. The van der Waals surface area contributed by atoms with Crippen LogP contribution in [0, 0.1) is 46.3 Å². The predicted molar refractivity (Wildman–Crippen MR) is 172 cm³/mol. The molecular formula is C36H64O2Si2. The van der Waals surface area contributed by atoms with Crippen molar-refractivity contribution in [3.63, 3.8) is 0 Å². The first-order valence-corrected chi connectivity index (χ1v) is 22.7. The molecule has 0 aromatic carbocycles. The van der Waals surface area contributed by atoms with E-state index in [1.165, 1.54) is 101 Å². The first kappa shape index (κ1) is 29.1. The SMILES string of the molecule is CC(C)(C)[Si]1(O[C@@H]2[C@@H]3C[C@@H]3C[C@]3(C)C4CC[C@@]5(C)C(CC[C@H]5O[Si]5(C(C)(C)C)CCCC5)C4CC[C@@H]23)CCCC1. The largest absolute Gasteiger partial charge is 0.413 e. The Bertz CT molecular complexity index is 968. The third-order valence-corrected chi connectivity index (χ3v) is 27.2. The summed E-state index contributed by atoms with van der Waals surface area (Å²) >= 11 is 0. The molecule has 0 spiro atoms. The van der Waals surface area contributed by atoms with Gasteiger partial charge in [-0.2, -0.15) is 0 Å². The average Bonchev–Trinajstić information content (AvgIpc) is 3.22. The molecule has 4 heteroatoms. The van der Waals surface area contributed by atoms with Crippen LogP contribution in [0.3, 0.4) is 0 Å². The molecule has 228 valence electrons. The number of hydrogen-bond donors (Lipinski definition) is 0. The number of hydrogen-bond acceptors (Lipinski definition) is 2. The maximum atomic E-state index is 7.74. The van der Waals surface area contributed by atoms with Crippen LogP contribution in [0.2, 0.25) is 34.3 Å². The zero-order valence-electron chi connectivity index (χ0n) is 27.7. The third-order valence-electron chi connectivity index (χ3n) is 15.6. The monoisotopic (exact) mass is 584 g/mol. The first-order chi connectivity index (χ1) is 18.7. The lowest BCUT2D eigenvalue weighted by Crippen LogP contribution is -2.59. The number of fused-ring (bicyclic) bond motifs is 6. The van der Waals surface area contributed by atoms with Gasteiger partial charge in [0.25, 0.3) is 0 Å². The summed E-state index contributed by atoms with van der Waals surface area (Å²) in [6, 6.07) is 5.70. The Hall–Kier alpha value is 0.354. The fourth-order valence-electron chi connectivity index (χ4n) is 12.9. The van der Waals surface area contributed by atoms with Gasteiger partial charge in [-0.3, -0.25) is 0 Å². The molecule has 3 unspecified atom stereocenters. The van der Waals surface area contributed by atoms with Crippen molar-refractivity contribution in [3.8, 4) is 0 Å². The van der Waals surface area contributed by atoms with E-state index >= 15 is 0 Å². The van der Waals surface area contributed by atoms with Gasteiger partial charge in [-0.05, 0) is 132 Å². The van der Waals surface area contributed by atoms with Crippen LogP contribution >= 0.6 is 0 Å². The molecule has 0 aromatic rings. The quantitative estimate of drug-likeness (QED) is 0.306. The number of rotatable bonds is 4. The molecule has 5 aliphatic carbocycles. The van der Waals surface area contributed by atoms with E-state index in [-0.39, 0.29) is 0 Å². The van der Waals surface area contributed by atoms with Crippen molar-refractivity contribution in [2.75, 3.05) is 0 Å². The molecular weight excluding hydrogens is 521 g/mol. The zero-order valence-corrected chi connectivity index (χ0v) is 29.7. The lowest BCUT2D eigenvalue weighted by atomic mass is 9.45. The van der Waals surface area contributed by atoms with Crippen molar-refractivity contribution < 1.29 is 8.85 Å². The molecule has 2 heterocycles. The van der Waals surface area contributed by atoms with E-state index in [4.69, 9.17) is 8.85 Å². The van der Waals surface area contributed by atoms with Gasteiger partial charge in [-0.1, -0.05) is 81.1 Å². The molecule has 10 atom stereocenters. The minimum absolute atomic E-state index is 0.381. The van der Waals surface area contributed by atoms with Crippen LogP contribution in [0.4, 0.5) is 0 Å². The van der Waals surface area contributed by atoms with E-state index in [1.54, 1.807) is 0 Å². The zero-order chi connectivity index (χ0) is 28.3. The Kier molecular flexibility index (Phi) is 6.86. The summed E-state index contributed by atoms with van der Waals surface area (Å²) in [6.45, 7) is 20.7. The molecule has 5 saturated carbocycles. The van der Waals surface area contributed by atoms with Crippen molar-refractivity contribution >= 4 is 16.6 Å². The second-order valence-electron chi connectivity index (χ2n) is 19.1. The Morgan fingerprint density at radius 1 is 0.600 bits per heavy atom. The normalized spacial score (nSPS) is 49.2. The van der Waals surface area contributed by atoms with Crippen LogP contribution in [-0.2, 0) is 8.85 Å². The van der Waals surface area contributed by atoms with E-state index in [2.05, 4.69) is 55.4 Å². The first-order valence-electron chi connectivity index (χ1n) is 18.1. The van der Waals surface area contributed by atoms with E-state index in [0.717, 1.165) is 35.5 Å². The van der Waals surface area contributed by atoms with Crippen LogP contribution in [0.5, 0.6) is 0 Å². The smallest absolute Gasteiger partial charge is 0.198 e. The maximum absolute atomic E-state index is 7.74. The summed E-state index contributed by atoms with van der Waals surface area (Å²) in [6.07, 6.45) is 18.5. The van der Waals surface area contributed by atoms with Crippen molar-refractivity contribution in [3.05, 3.63) is 0 Å². The Morgan fingerprint density at radius 3 is 1.75 bits per heavy atom. The summed E-state index contributed by atoms with van der Waals surface area (Å²) < 4.78 is 15.3. The van der Waals surface area contributed by atoms with Crippen LogP contribution in [-0.4, -0.2) is 28.8 Å². The topological polar surface area (TPSA) is 18.5 Å². The molecule has 0 bridgehead atoms. The molecule has 0 aromatic heterocycles. The molecule has 7 aliphatic rings. The van der Waals surface area contributed by atoms with Gasteiger partial charge in [-0.15, -0.1) is 0 Å². The van der Waals surface area contributed by atoms with E-state index in [9.17, 15) is 0 Å². The van der Waals surface area contributed by atoms with Crippen molar-refractivity contribution in [2.45, 2.75) is 179 Å². The minimum Gasteiger partial charge on any atom is -0.413 e. The second kappa shape index (κ2) is 9.43. The van der Waals surface area contributed by atoms with Gasteiger partial charge in [0.05, 0.1) is 12.2 Å². The highest BCUT2D eigenvalue weighted by molar-refractivity contribution is 6.77. The molecule has 0 N–H and O–H groups in total. The highest BCUT2D eigenvalue weighted by atomic mass is 28.4. The van der Waals surface area contributed by atoms with Gasteiger partial charge in [0.2, 0.25) is 0 Å². The summed E-state index contributed by atoms with van der Waals surface area (Å²) in [5.41, 5.74) is 0.947. The molecule has 2 saturated heterocycles. The van der Waals surface area contributed by atoms with Crippen molar-refractivity contribution in [2.24, 2.45) is 46.3 Å². The highest BCUT2D eigenvalue weighted by Gasteiger charge is 2.68. The van der Waals surface area contributed by atoms with Crippen molar-refractivity contribution in [1.82, 2.24) is 0 Å². The minimum atomic E-state index is -1.69. The lowest BCUT2D eigenvalue weighted by Gasteiger charge is -2.62. The standard InChI is InChI=1S/C36H64O2Si2/c1-33(2,3)39(19-9-10-20-39)37-31-16-15-28-26-13-14-30-32(38-40(34(4,5)6)21-11-12-22-40)27-23-25(27)24-36(30,8)29(26)17-18-35(28,31)7/h25-32H,9-24H2,1-8H3/t25-,26?,27-,28?,29?,30+,31-,32-,35+,36-/m1/s1. The molecule has 2 nitrogen and oxygen atoms in total. The second-order valence-corrected chi connectivity index (χ2v) is 28.6.